The van der Waals surface area contributed by atoms with Crippen LogP contribution in [0, 0.1) is 0 Å². The van der Waals surface area contributed by atoms with E-state index in [1.54, 1.807) is 0 Å². The number of nitrogens with zero attached hydrogens (tertiary/aromatic N) is 1. The molecular weight excluding hydrogens is 158 g/mol. The summed E-state index contributed by atoms with van der Waals surface area (Å²) in [5, 5.41) is 17.4. The molecule has 1 atom stereocenters. The Hall–Kier alpha value is -0.610. The molecule has 0 rings (SSSR count). The maximum Gasteiger partial charge on any atom is 0.359 e. The van der Waals surface area contributed by atoms with Crippen molar-refractivity contribution in [3.63, 3.8) is 0 Å². The summed E-state index contributed by atoms with van der Waals surface area (Å²) in [5.74, 6) is -0.820. The van der Waals surface area contributed by atoms with Crippen LogP contribution in [0.5, 0.6) is 0 Å². The van der Waals surface area contributed by atoms with E-state index in [0.29, 0.717) is 11.0 Å². The van der Waals surface area contributed by atoms with Crippen molar-refractivity contribution < 1.29 is 19.5 Å². The fraction of sp³-hybridized carbons (Fsp3) is 0.875. The fourth-order valence-corrected chi connectivity index (χ4v) is 1.06. The highest BCUT2D eigenvalue weighted by Crippen LogP contribution is 2.08. The predicted molar refractivity (Wildman–Crippen MR) is 45.8 cm³/mol. The molecule has 0 aromatic carbocycles. The maximum absolute atomic E-state index is 10.5. The smallest absolute Gasteiger partial charge is 0.359 e. The van der Waals surface area contributed by atoms with Crippen molar-refractivity contribution in [3.05, 3.63) is 0 Å². The quantitative estimate of drug-likeness (QED) is 0.576. The monoisotopic (exact) mass is 176 g/mol. The third kappa shape index (κ3) is 3.19. The van der Waals surface area contributed by atoms with E-state index in [1.165, 1.54) is 0 Å². The molecule has 72 valence electrons. The van der Waals surface area contributed by atoms with Crippen molar-refractivity contribution in [1.82, 2.24) is 0 Å². The Morgan fingerprint density at radius 2 is 2.00 bits per heavy atom. The van der Waals surface area contributed by atoms with Gasteiger partial charge in [0.15, 0.2) is 6.54 Å². The second kappa shape index (κ2) is 4.42. The molecule has 12 heavy (non-hydrogen) atoms. The molecule has 0 aliphatic carbocycles. The molecule has 0 radical (unpaired) electrons. The van der Waals surface area contributed by atoms with E-state index in [1.807, 2.05) is 20.9 Å². The zero-order valence-electron chi connectivity index (χ0n) is 7.95. The highest BCUT2D eigenvalue weighted by molar-refractivity contribution is 5.67. The molecule has 0 amide bonds. The van der Waals surface area contributed by atoms with E-state index in [2.05, 4.69) is 0 Å². The van der Waals surface area contributed by atoms with E-state index in [4.69, 9.17) is 10.2 Å². The van der Waals surface area contributed by atoms with Crippen LogP contribution in [0.2, 0.25) is 0 Å². The van der Waals surface area contributed by atoms with Gasteiger partial charge >= 0.3 is 5.97 Å². The van der Waals surface area contributed by atoms with Gasteiger partial charge in [-0.1, -0.05) is 0 Å². The third-order valence-electron chi connectivity index (χ3n) is 2.35. The average molecular weight is 176 g/mol. The van der Waals surface area contributed by atoms with Crippen LogP contribution in [0.4, 0.5) is 0 Å². The van der Waals surface area contributed by atoms with Crippen molar-refractivity contribution in [2.75, 3.05) is 26.7 Å². The number of aliphatic hydroxyl groups is 1. The van der Waals surface area contributed by atoms with Crippen LogP contribution in [-0.4, -0.2) is 53.5 Å². The summed E-state index contributed by atoms with van der Waals surface area (Å²) in [5.41, 5.74) is 0. The highest BCUT2D eigenvalue weighted by Gasteiger charge is 2.27. The summed E-state index contributed by atoms with van der Waals surface area (Å²) >= 11 is 0. The van der Waals surface area contributed by atoms with Crippen LogP contribution < -0.4 is 0 Å². The van der Waals surface area contributed by atoms with E-state index in [0.717, 1.165) is 0 Å². The largest absolute Gasteiger partial charge is 0.477 e. The van der Waals surface area contributed by atoms with E-state index < -0.39 is 5.97 Å². The van der Waals surface area contributed by atoms with Gasteiger partial charge in [-0.25, -0.2) is 4.79 Å². The summed E-state index contributed by atoms with van der Waals surface area (Å²) in [6.45, 7) is 4.50. The molecule has 1 unspecified atom stereocenters. The molecule has 0 saturated heterocycles. The molecule has 0 aliphatic rings. The van der Waals surface area contributed by atoms with Crippen LogP contribution in [0.25, 0.3) is 0 Å². The molecule has 4 heteroatoms. The van der Waals surface area contributed by atoms with Crippen LogP contribution in [0.15, 0.2) is 0 Å². The van der Waals surface area contributed by atoms with Gasteiger partial charge in [0.05, 0.1) is 19.7 Å². The molecule has 0 saturated carbocycles. The Balaban J connectivity index is 4.28. The molecular formula is C8H18NO3+. The fourth-order valence-electron chi connectivity index (χ4n) is 1.06. The minimum absolute atomic E-state index is 0.0297. The standard InChI is InChI=1S/C8H17NO3/c1-7(2)9(3,4-5-10)6-8(11)12/h7,10H,4-6H2,1-3H3/p+1. The lowest BCUT2D eigenvalue weighted by molar-refractivity contribution is -0.923. The summed E-state index contributed by atoms with van der Waals surface area (Å²) < 4.78 is 0.381. The summed E-state index contributed by atoms with van der Waals surface area (Å²) in [4.78, 5) is 10.5. The zero-order chi connectivity index (χ0) is 9.78. The zero-order valence-corrected chi connectivity index (χ0v) is 7.95. The SMILES string of the molecule is CC(C)[N+](C)(CCO)CC(=O)O. The van der Waals surface area contributed by atoms with Crippen LogP contribution in [0.3, 0.4) is 0 Å². The lowest BCUT2D eigenvalue weighted by Gasteiger charge is -2.36. The molecule has 0 heterocycles. The van der Waals surface area contributed by atoms with Gasteiger partial charge in [-0.05, 0) is 13.8 Å². The first-order valence-electron chi connectivity index (χ1n) is 4.09. The first kappa shape index (κ1) is 11.4. The van der Waals surface area contributed by atoms with Crippen molar-refractivity contribution in [2.45, 2.75) is 19.9 Å². The number of quaternary nitrogens is 1. The van der Waals surface area contributed by atoms with Gasteiger partial charge in [-0.3, -0.25) is 0 Å². The molecule has 0 aliphatic heterocycles. The van der Waals surface area contributed by atoms with Crippen molar-refractivity contribution in [1.29, 1.82) is 0 Å². The number of aliphatic hydroxyl groups excluding tert-OH is 1. The normalized spacial score (nSPS) is 16.1. The number of carboxylic acids is 1. The van der Waals surface area contributed by atoms with Crippen molar-refractivity contribution in [2.24, 2.45) is 0 Å². The molecule has 2 N–H and O–H groups in total. The van der Waals surface area contributed by atoms with Gasteiger partial charge in [0, 0.05) is 0 Å². The predicted octanol–water partition coefficient (Wildman–Crippen LogP) is -0.0817. The lowest BCUT2D eigenvalue weighted by Crippen LogP contribution is -2.54. The average Bonchev–Trinajstić information content (AvgIpc) is 1.85. The van der Waals surface area contributed by atoms with Gasteiger partial charge < -0.3 is 14.7 Å². The Labute approximate surface area is 73.0 Å². The van der Waals surface area contributed by atoms with E-state index in [9.17, 15) is 4.79 Å². The number of likely N-dealkylation sites (N-methyl/N-ethyl adjacent to an activating group) is 1. The van der Waals surface area contributed by atoms with Crippen molar-refractivity contribution >= 4 is 5.97 Å². The van der Waals surface area contributed by atoms with Crippen molar-refractivity contribution in [3.8, 4) is 0 Å². The molecule has 0 spiro atoms. The second-order valence-corrected chi connectivity index (χ2v) is 3.57. The van der Waals surface area contributed by atoms with Gasteiger partial charge in [-0.2, -0.15) is 0 Å². The Kier molecular flexibility index (Phi) is 4.20. The van der Waals surface area contributed by atoms with Gasteiger partial charge in [0.1, 0.15) is 6.54 Å². The molecule has 0 fully saturated rings. The maximum atomic E-state index is 10.5. The first-order chi connectivity index (χ1) is 5.42. The lowest BCUT2D eigenvalue weighted by atomic mass is 10.2. The van der Waals surface area contributed by atoms with Gasteiger partial charge in [-0.15, -0.1) is 0 Å². The third-order valence-corrected chi connectivity index (χ3v) is 2.35. The summed E-state index contributed by atoms with van der Waals surface area (Å²) in [7, 11) is 1.84. The molecule has 0 bridgehead atoms. The topological polar surface area (TPSA) is 57.5 Å². The van der Waals surface area contributed by atoms with E-state index in [-0.39, 0.29) is 19.2 Å². The minimum atomic E-state index is -0.820. The highest BCUT2D eigenvalue weighted by atomic mass is 16.4. The number of aliphatic carboxylic acids is 1. The van der Waals surface area contributed by atoms with Crippen LogP contribution >= 0.6 is 0 Å². The number of hydrogen-bond donors (Lipinski definition) is 2. The summed E-state index contributed by atoms with van der Waals surface area (Å²) in [6.07, 6.45) is 0. The minimum Gasteiger partial charge on any atom is -0.477 e. The second-order valence-electron chi connectivity index (χ2n) is 3.57. The Morgan fingerprint density at radius 1 is 1.50 bits per heavy atom. The summed E-state index contributed by atoms with van der Waals surface area (Å²) in [6, 6.07) is 0.216. The molecule has 0 aromatic heterocycles. The Bertz CT molecular complexity index is 158. The number of carbonyl (C=O) groups is 1. The number of carboxylic acid groups (broad SMARTS) is 1. The van der Waals surface area contributed by atoms with Crippen LogP contribution in [-0.2, 0) is 4.79 Å². The molecule has 4 nitrogen and oxygen atoms in total. The van der Waals surface area contributed by atoms with Gasteiger partial charge in [0.25, 0.3) is 0 Å². The van der Waals surface area contributed by atoms with Crippen LogP contribution in [0.1, 0.15) is 13.8 Å². The first-order valence-corrected chi connectivity index (χ1v) is 4.09. The number of rotatable bonds is 5. The van der Waals surface area contributed by atoms with E-state index >= 15 is 0 Å². The Morgan fingerprint density at radius 3 is 2.25 bits per heavy atom. The molecule has 0 aromatic rings. The van der Waals surface area contributed by atoms with Gasteiger partial charge in [0.2, 0.25) is 0 Å². The number of hydrogen-bond acceptors (Lipinski definition) is 2.